The normalized spacial score (nSPS) is 18.0. The summed E-state index contributed by atoms with van der Waals surface area (Å²) in [5.74, 6) is -0.396. The molecule has 40 heavy (non-hydrogen) atoms. The van der Waals surface area contributed by atoms with Gasteiger partial charge in [0.15, 0.2) is 5.17 Å². The smallest absolute Gasteiger partial charge is 0.335 e. The summed E-state index contributed by atoms with van der Waals surface area (Å²) in [7, 11) is 0. The van der Waals surface area contributed by atoms with Crippen LogP contribution in [0.3, 0.4) is 0 Å². The minimum absolute atomic E-state index is 0.0688. The first-order valence-corrected chi connectivity index (χ1v) is 14.1. The number of aromatic carboxylic acids is 1. The van der Waals surface area contributed by atoms with E-state index in [-0.39, 0.29) is 18.1 Å². The van der Waals surface area contributed by atoms with Gasteiger partial charge in [-0.2, -0.15) is 0 Å². The van der Waals surface area contributed by atoms with Crippen LogP contribution in [0.2, 0.25) is 0 Å². The third-order valence-electron chi connectivity index (χ3n) is 6.63. The lowest BCUT2D eigenvalue weighted by Gasteiger charge is -2.27. The number of benzene rings is 3. The highest BCUT2D eigenvalue weighted by Crippen LogP contribution is 2.36. The molecule has 5 rings (SSSR count). The number of amides is 1. The third-order valence-corrected chi connectivity index (χ3v) is 7.64. The van der Waals surface area contributed by atoms with Crippen molar-refractivity contribution in [3.05, 3.63) is 100 Å². The molecule has 2 saturated heterocycles. The maximum absolute atomic E-state index is 13.6. The standard InChI is InChI=1S/C31H31N3O5S/c35-29-28(21-25-7-4-5-10-27(25)39-22-23-11-13-24(14-12-23)30(36)37)40-31(32-26-8-2-1-3-9-26)34(29)16-6-15-33-17-19-38-20-18-33/h1-5,7-14,21H,6,15-20,22H2,(H,36,37)/b28-21-,32-31?. The number of aliphatic imine (C=N–C) groups is 1. The number of nitrogens with zero attached hydrogens (tertiary/aromatic N) is 3. The van der Waals surface area contributed by atoms with Gasteiger partial charge in [-0.1, -0.05) is 48.5 Å². The van der Waals surface area contributed by atoms with E-state index in [4.69, 9.17) is 19.6 Å². The molecule has 1 amide bonds. The zero-order valence-electron chi connectivity index (χ0n) is 22.1. The average Bonchev–Trinajstić information content (AvgIpc) is 3.27. The number of carboxylic acid groups (broad SMARTS) is 1. The fourth-order valence-electron chi connectivity index (χ4n) is 4.46. The van der Waals surface area contributed by atoms with Crippen molar-refractivity contribution in [1.82, 2.24) is 9.80 Å². The zero-order chi connectivity index (χ0) is 27.7. The highest BCUT2D eigenvalue weighted by Gasteiger charge is 2.33. The van der Waals surface area contributed by atoms with Crippen LogP contribution in [0.5, 0.6) is 5.75 Å². The third kappa shape index (κ3) is 7.18. The zero-order valence-corrected chi connectivity index (χ0v) is 22.9. The van der Waals surface area contributed by atoms with Gasteiger partial charge in [0.25, 0.3) is 5.91 Å². The van der Waals surface area contributed by atoms with Crippen LogP contribution < -0.4 is 4.74 Å². The molecule has 8 nitrogen and oxygen atoms in total. The minimum atomic E-state index is -0.964. The van der Waals surface area contributed by atoms with Crippen LogP contribution in [0.15, 0.2) is 88.8 Å². The Bertz CT molecular complexity index is 1390. The molecular formula is C31H31N3O5S. The molecule has 206 valence electrons. The molecule has 2 fully saturated rings. The molecule has 3 aromatic rings. The van der Waals surface area contributed by atoms with Crippen molar-refractivity contribution < 1.29 is 24.2 Å². The molecule has 2 aliphatic rings. The van der Waals surface area contributed by atoms with Crippen molar-refractivity contribution in [2.75, 3.05) is 39.4 Å². The van der Waals surface area contributed by atoms with Crippen molar-refractivity contribution >= 4 is 40.6 Å². The number of ether oxygens (including phenoxy) is 2. The van der Waals surface area contributed by atoms with Crippen molar-refractivity contribution in [1.29, 1.82) is 0 Å². The maximum Gasteiger partial charge on any atom is 0.335 e. The van der Waals surface area contributed by atoms with Gasteiger partial charge in [0, 0.05) is 31.7 Å². The Hall–Kier alpha value is -3.92. The highest BCUT2D eigenvalue weighted by molar-refractivity contribution is 8.18. The summed E-state index contributed by atoms with van der Waals surface area (Å²) in [4.78, 5) is 34.3. The molecule has 0 aliphatic carbocycles. The fraction of sp³-hybridized carbons (Fsp3) is 0.258. The Kier molecular flexibility index (Phi) is 9.28. The highest BCUT2D eigenvalue weighted by atomic mass is 32.2. The van der Waals surface area contributed by atoms with E-state index in [1.165, 1.54) is 11.8 Å². The van der Waals surface area contributed by atoms with Crippen molar-refractivity contribution in [2.45, 2.75) is 13.0 Å². The topological polar surface area (TPSA) is 91.7 Å². The molecule has 3 aromatic carbocycles. The van der Waals surface area contributed by atoms with Crippen molar-refractivity contribution in [3.8, 4) is 5.75 Å². The molecule has 2 heterocycles. The molecule has 0 radical (unpaired) electrons. The first-order valence-electron chi connectivity index (χ1n) is 13.3. The van der Waals surface area contributed by atoms with Gasteiger partial charge in [-0.05, 0) is 60.2 Å². The van der Waals surface area contributed by atoms with Crippen molar-refractivity contribution in [2.24, 2.45) is 4.99 Å². The van der Waals surface area contributed by atoms with E-state index < -0.39 is 5.97 Å². The number of carbonyl (C=O) groups excluding carboxylic acids is 1. The molecule has 0 aromatic heterocycles. The monoisotopic (exact) mass is 557 g/mol. The number of morpholine rings is 1. The predicted octanol–water partition coefficient (Wildman–Crippen LogP) is 5.29. The van der Waals surface area contributed by atoms with Crippen LogP contribution in [0, 0.1) is 0 Å². The Morgan fingerprint density at radius 3 is 2.45 bits per heavy atom. The van der Waals surface area contributed by atoms with Gasteiger partial charge in [0.05, 0.1) is 29.4 Å². The second-order valence-corrected chi connectivity index (χ2v) is 10.4. The van der Waals surface area contributed by atoms with E-state index in [0.29, 0.717) is 22.4 Å². The number of hydrogen-bond acceptors (Lipinski definition) is 7. The van der Waals surface area contributed by atoms with Gasteiger partial charge in [0.2, 0.25) is 0 Å². The number of para-hydroxylation sites is 2. The first-order chi connectivity index (χ1) is 19.6. The second kappa shape index (κ2) is 13.4. The molecule has 0 atom stereocenters. The number of rotatable bonds is 10. The van der Waals surface area contributed by atoms with Crippen LogP contribution in [0.4, 0.5) is 5.69 Å². The van der Waals surface area contributed by atoms with Crippen LogP contribution >= 0.6 is 11.8 Å². The van der Waals surface area contributed by atoms with Gasteiger partial charge in [-0.15, -0.1) is 0 Å². The van der Waals surface area contributed by atoms with E-state index in [2.05, 4.69) is 4.90 Å². The summed E-state index contributed by atoms with van der Waals surface area (Å²) in [5.41, 5.74) is 2.67. The lowest BCUT2D eigenvalue weighted by molar-refractivity contribution is -0.122. The molecule has 0 unspecified atom stereocenters. The maximum atomic E-state index is 13.6. The molecule has 0 saturated carbocycles. The largest absolute Gasteiger partial charge is 0.488 e. The van der Waals surface area contributed by atoms with Crippen LogP contribution in [0.1, 0.15) is 27.9 Å². The van der Waals surface area contributed by atoms with E-state index in [1.54, 1.807) is 29.2 Å². The van der Waals surface area contributed by atoms with Gasteiger partial charge < -0.3 is 14.6 Å². The van der Waals surface area contributed by atoms with E-state index in [1.807, 2.05) is 60.7 Å². The first kappa shape index (κ1) is 27.6. The van der Waals surface area contributed by atoms with E-state index in [0.717, 1.165) is 56.1 Å². The summed E-state index contributed by atoms with van der Waals surface area (Å²) in [6.45, 7) is 5.09. The van der Waals surface area contributed by atoms with Gasteiger partial charge in [0.1, 0.15) is 12.4 Å². The van der Waals surface area contributed by atoms with Crippen molar-refractivity contribution in [3.63, 3.8) is 0 Å². The van der Waals surface area contributed by atoms with Crippen LogP contribution in [0.25, 0.3) is 6.08 Å². The lowest BCUT2D eigenvalue weighted by Crippen LogP contribution is -2.38. The summed E-state index contributed by atoms with van der Waals surface area (Å²) < 4.78 is 11.5. The number of amidine groups is 1. The van der Waals surface area contributed by atoms with Crippen LogP contribution in [-0.4, -0.2) is 71.3 Å². The number of hydrogen-bond donors (Lipinski definition) is 1. The van der Waals surface area contributed by atoms with E-state index in [9.17, 15) is 9.59 Å². The number of thioether (sulfide) groups is 1. The number of carboxylic acids is 1. The SMILES string of the molecule is O=C(O)c1ccc(COc2ccccc2/C=C2\SC(=Nc3ccccc3)N(CCCN3CCOCC3)C2=O)cc1. The summed E-state index contributed by atoms with van der Waals surface area (Å²) in [6, 6.07) is 23.8. The molecule has 0 bridgehead atoms. The van der Waals surface area contributed by atoms with Gasteiger partial charge in [-0.3, -0.25) is 14.6 Å². The molecule has 0 spiro atoms. The fourth-order valence-corrected chi connectivity index (χ4v) is 5.47. The number of carbonyl (C=O) groups is 2. The van der Waals surface area contributed by atoms with Crippen LogP contribution in [-0.2, 0) is 16.1 Å². The summed E-state index contributed by atoms with van der Waals surface area (Å²) >= 11 is 1.37. The minimum Gasteiger partial charge on any atom is -0.488 e. The predicted molar refractivity (Wildman–Crippen MR) is 157 cm³/mol. The van der Waals surface area contributed by atoms with Gasteiger partial charge >= 0.3 is 5.97 Å². The lowest BCUT2D eigenvalue weighted by atomic mass is 10.1. The average molecular weight is 558 g/mol. The second-order valence-electron chi connectivity index (χ2n) is 9.43. The Balaban J connectivity index is 1.32. The molecule has 9 heteroatoms. The quantitative estimate of drug-likeness (QED) is 0.339. The summed E-state index contributed by atoms with van der Waals surface area (Å²) in [6.07, 6.45) is 2.70. The van der Waals surface area contributed by atoms with E-state index >= 15 is 0 Å². The Labute approximate surface area is 237 Å². The summed E-state index contributed by atoms with van der Waals surface area (Å²) in [5, 5.41) is 9.79. The molecule has 1 N–H and O–H groups in total. The van der Waals surface area contributed by atoms with Gasteiger partial charge in [-0.25, -0.2) is 9.79 Å². The molecular weight excluding hydrogens is 526 g/mol. The Morgan fingerprint density at radius 1 is 0.975 bits per heavy atom. The Morgan fingerprint density at radius 2 is 1.70 bits per heavy atom. The molecule has 2 aliphatic heterocycles.